The van der Waals surface area contributed by atoms with Gasteiger partial charge in [0, 0.05) is 21.5 Å². The highest BCUT2D eigenvalue weighted by Gasteiger charge is 2.24. The Kier molecular flexibility index (Phi) is 12.7. The van der Waals surface area contributed by atoms with Gasteiger partial charge in [0.15, 0.2) is 0 Å². The molecule has 0 radical (unpaired) electrons. The molecule has 98 heavy (non-hydrogen) atoms. The lowest BCUT2D eigenvalue weighted by molar-refractivity contribution is 0.669. The Morgan fingerprint density at radius 3 is 0.959 bits per heavy atom. The van der Waals surface area contributed by atoms with Crippen molar-refractivity contribution in [1.29, 1.82) is 0 Å². The number of furan rings is 2. The Morgan fingerprint density at radius 1 is 0.133 bits per heavy atom. The minimum absolute atomic E-state index is 0.856. The van der Waals surface area contributed by atoms with Crippen LogP contribution in [-0.4, -0.2) is 0 Å². The summed E-state index contributed by atoms with van der Waals surface area (Å²) in [7, 11) is 0. The summed E-state index contributed by atoms with van der Waals surface area (Å²) in [5.41, 5.74) is 24.4. The summed E-state index contributed by atoms with van der Waals surface area (Å²) in [5, 5.41) is 18.6. The van der Waals surface area contributed by atoms with Gasteiger partial charge in [0.25, 0.3) is 0 Å². The highest BCUT2D eigenvalue weighted by atomic mass is 16.3. The van der Waals surface area contributed by atoms with Crippen LogP contribution in [0.25, 0.3) is 209 Å². The molecule has 0 aliphatic rings. The number of benzene rings is 18. The second-order valence-electron chi connectivity index (χ2n) is 26.1. The van der Waals surface area contributed by atoms with E-state index in [1.807, 2.05) is 0 Å². The third-order valence-electron chi connectivity index (χ3n) is 20.6. The number of hydrogen-bond donors (Lipinski definition) is 0. The first kappa shape index (κ1) is 55.6. The molecular weight excluding hydrogens is 1190 g/mol. The summed E-state index contributed by atoms with van der Waals surface area (Å²) in [6.45, 7) is 0. The van der Waals surface area contributed by atoms with E-state index in [0.29, 0.717) is 0 Å². The molecule has 0 saturated carbocycles. The van der Waals surface area contributed by atoms with Crippen LogP contribution in [0, 0.1) is 0 Å². The smallest absolute Gasteiger partial charge is 0.136 e. The van der Waals surface area contributed by atoms with Gasteiger partial charge in [-0.1, -0.05) is 273 Å². The van der Waals surface area contributed by atoms with Crippen molar-refractivity contribution in [3.05, 3.63) is 352 Å². The van der Waals surface area contributed by atoms with Crippen LogP contribution in [0.2, 0.25) is 0 Å². The van der Waals surface area contributed by atoms with Gasteiger partial charge in [-0.2, -0.15) is 0 Å². The molecule has 20 aromatic rings. The van der Waals surface area contributed by atoms with Crippen LogP contribution < -0.4 is 0 Å². The highest BCUT2D eigenvalue weighted by Crippen LogP contribution is 2.51. The minimum atomic E-state index is 0.856. The van der Waals surface area contributed by atoms with Crippen molar-refractivity contribution in [2.45, 2.75) is 0 Å². The quantitative estimate of drug-likeness (QED) is 0.135. The van der Waals surface area contributed by atoms with E-state index >= 15 is 0 Å². The Bertz CT molecular complexity index is 6640. The van der Waals surface area contributed by atoms with Crippen molar-refractivity contribution in [3.8, 4) is 100 Å². The van der Waals surface area contributed by atoms with Crippen LogP contribution in [0.3, 0.4) is 0 Å². The zero-order valence-corrected chi connectivity index (χ0v) is 53.3. The van der Waals surface area contributed by atoms with Crippen LogP contribution in [0.4, 0.5) is 0 Å². The van der Waals surface area contributed by atoms with E-state index in [4.69, 9.17) is 8.83 Å². The fourth-order valence-electron chi connectivity index (χ4n) is 15.9. The third-order valence-corrected chi connectivity index (χ3v) is 20.6. The molecular formula is C96H58O2. The molecule has 0 bridgehead atoms. The first-order valence-corrected chi connectivity index (χ1v) is 33.8. The molecule has 0 aliphatic heterocycles. The Labute approximate surface area is 565 Å². The van der Waals surface area contributed by atoms with E-state index in [1.165, 1.54) is 104 Å². The second-order valence-corrected chi connectivity index (χ2v) is 26.1. The molecule has 0 saturated heterocycles. The van der Waals surface area contributed by atoms with Gasteiger partial charge in [0.1, 0.15) is 22.3 Å². The van der Waals surface area contributed by atoms with E-state index in [-0.39, 0.29) is 0 Å². The molecule has 0 fully saturated rings. The maximum atomic E-state index is 6.93. The van der Waals surface area contributed by atoms with Crippen molar-refractivity contribution in [1.82, 2.24) is 0 Å². The lowest BCUT2D eigenvalue weighted by Crippen LogP contribution is -1.94. The average Bonchev–Trinajstić information content (AvgIpc) is 0.833. The van der Waals surface area contributed by atoms with Gasteiger partial charge < -0.3 is 8.83 Å². The summed E-state index contributed by atoms with van der Waals surface area (Å²) in [6, 6.07) is 129. The molecule has 0 aliphatic carbocycles. The predicted molar refractivity (Wildman–Crippen MR) is 415 cm³/mol. The van der Waals surface area contributed by atoms with Crippen LogP contribution in [0.5, 0.6) is 0 Å². The van der Waals surface area contributed by atoms with E-state index in [2.05, 4.69) is 352 Å². The highest BCUT2D eigenvalue weighted by molar-refractivity contribution is 6.26. The second kappa shape index (κ2) is 22.4. The molecule has 0 amide bonds. The molecule has 20 rings (SSSR count). The van der Waals surface area contributed by atoms with Gasteiger partial charge in [-0.3, -0.25) is 0 Å². The molecule has 2 heterocycles. The van der Waals surface area contributed by atoms with Gasteiger partial charge in [-0.15, -0.1) is 0 Å². The molecule has 0 spiro atoms. The van der Waals surface area contributed by atoms with Crippen LogP contribution in [0.1, 0.15) is 0 Å². The molecule has 18 aromatic carbocycles. The Morgan fingerprint density at radius 2 is 0.439 bits per heavy atom. The fraction of sp³-hybridized carbons (Fsp3) is 0. The first-order chi connectivity index (χ1) is 48.5. The fourth-order valence-corrected chi connectivity index (χ4v) is 15.9. The third kappa shape index (κ3) is 9.10. The van der Waals surface area contributed by atoms with Crippen LogP contribution in [-0.2, 0) is 0 Å². The van der Waals surface area contributed by atoms with Crippen molar-refractivity contribution < 1.29 is 8.83 Å². The topological polar surface area (TPSA) is 26.3 Å². The lowest BCUT2D eigenvalue weighted by atomic mass is 9.82. The van der Waals surface area contributed by atoms with Gasteiger partial charge >= 0.3 is 0 Å². The minimum Gasteiger partial charge on any atom is -0.456 e. The molecule has 454 valence electrons. The number of hydrogen-bond acceptors (Lipinski definition) is 2. The summed E-state index contributed by atoms with van der Waals surface area (Å²) >= 11 is 0. The zero-order chi connectivity index (χ0) is 64.4. The molecule has 2 nitrogen and oxygen atoms in total. The number of rotatable bonds is 9. The molecule has 0 atom stereocenters. The van der Waals surface area contributed by atoms with Crippen LogP contribution >= 0.6 is 0 Å². The first-order valence-electron chi connectivity index (χ1n) is 33.8. The van der Waals surface area contributed by atoms with E-state index in [0.717, 1.165) is 105 Å². The average molecular weight is 1240 g/mol. The molecule has 0 N–H and O–H groups in total. The maximum Gasteiger partial charge on any atom is 0.136 e. The summed E-state index contributed by atoms with van der Waals surface area (Å²) in [6.07, 6.45) is 0. The summed E-state index contributed by atoms with van der Waals surface area (Å²) in [5.74, 6) is 0. The zero-order valence-electron chi connectivity index (χ0n) is 53.3. The predicted octanol–water partition coefficient (Wildman–Crippen LogP) is 27.4. The number of fused-ring (bicyclic) bond motifs is 12. The van der Waals surface area contributed by atoms with E-state index < -0.39 is 0 Å². The molecule has 2 aromatic heterocycles. The van der Waals surface area contributed by atoms with E-state index in [1.54, 1.807) is 0 Å². The Balaban J connectivity index is 0.823. The summed E-state index contributed by atoms with van der Waals surface area (Å²) in [4.78, 5) is 0. The molecule has 2 heteroatoms. The van der Waals surface area contributed by atoms with E-state index in [9.17, 15) is 0 Å². The lowest BCUT2D eigenvalue weighted by Gasteiger charge is -2.21. The monoisotopic (exact) mass is 1240 g/mol. The van der Waals surface area contributed by atoms with Crippen molar-refractivity contribution >= 4 is 109 Å². The van der Waals surface area contributed by atoms with Crippen LogP contribution in [0.15, 0.2) is 361 Å². The van der Waals surface area contributed by atoms with Gasteiger partial charge in [0.2, 0.25) is 0 Å². The van der Waals surface area contributed by atoms with Gasteiger partial charge in [-0.05, 0) is 244 Å². The van der Waals surface area contributed by atoms with Crippen molar-refractivity contribution in [2.75, 3.05) is 0 Å². The van der Waals surface area contributed by atoms with Crippen molar-refractivity contribution in [3.63, 3.8) is 0 Å². The molecule has 0 unspecified atom stereocenters. The normalized spacial score (nSPS) is 11.9. The van der Waals surface area contributed by atoms with Gasteiger partial charge in [0.05, 0.1) is 0 Å². The maximum absolute atomic E-state index is 6.93. The summed E-state index contributed by atoms with van der Waals surface area (Å²) < 4.78 is 13.8. The standard InChI is InChI=1S/C96H58O2/c1-5-18-59(19-6-1)63-32-33-66-52-72(35-34-65(66)50-63)93-80-27-13-14-28-81(80)94(73-40-45-77-76-44-37-70(62-24-11-4-12-25-62)56-90(76)98-91(77)57-73)87-54-68(38-47-84(87)93)69-39-48-85-88(55-69)95(74-41-46-78-86-53-67(61-22-9-3-10-23-61)42-49-89(86)97-92(78)58-74)82-29-15-16-30-83(82)96(85)79-31-17-26-71-51-64(36-43-75(71)79)60-20-7-2-8-21-60/h1-58H. The van der Waals surface area contributed by atoms with Gasteiger partial charge in [-0.25, -0.2) is 0 Å². The SMILES string of the molecule is c1ccc(-c2ccc3cc(-c4c5ccccc5c(-c5ccc6c(c5)oc5cc(-c7ccccc7)ccc56)c5cc(-c6ccc7c(-c8cccc9cc(-c%10ccccc%10)ccc89)c8ccccc8c(-c8ccc9c(c8)oc8ccc(-c%10ccccc%10)cc89)c7c6)ccc45)ccc3c2)cc1. The van der Waals surface area contributed by atoms with Crippen molar-refractivity contribution in [2.24, 2.45) is 0 Å². The largest absolute Gasteiger partial charge is 0.456 e. The Hall–Kier alpha value is -12.9.